The molecule has 0 aliphatic rings. The summed E-state index contributed by atoms with van der Waals surface area (Å²) in [5.41, 5.74) is 0. The zero-order valence-corrected chi connectivity index (χ0v) is 18.4. The molecule has 0 unspecified atom stereocenters. The van der Waals surface area contributed by atoms with Crippen LogP contribution in [0.4, 0.5) is 0 Å². The normalized spacial score (nSPS) is 8.96. The SMILES string of the molecule is Cl.[Fe].[Pd].[cH-]1[cH-][cH-][cH-][cH-]1.c1ccc(P(c2ccccc2)c2ccc[cH-]2)cc1. The molecule has 0 amide bonds. The van der Waals surface area contributed by atoms with Gasteiger partial charge in [-0.05, 0) is 18.5 Å². The zero-order chi connectivity index (χ0) is 15.7. The van der Waals surface area contributed by atoms with Gasteiger partial charge in [-0.1, -0.05) is 60.7 Å². The van der Waals surface area contributed by atoms with Crippen molar-refractivity contribution >= 4 is 36.2 Å². The maximum absolute atomic E-state index is 2.23. The summed E-state index contributed by atoms with van der Waals surface area (Å²) in [5, 5.41) is 4.23. The van der Waals surface area contributed by atoms with E-state index in [1.54, 1.807) is 0 Å². The third-order valence-corrected chi connectivity index (χ3v) is 5.93. The topological polar surface area (TPSA) is 0 Å². The van der Waals surface area contributed by atoms with Crippen LogP contribution < -0.4 is 15.9 Å². The molecule has 0 atom stereocenters. The van der Waals surface area contributed by atoms with Crippen LogP contribution in [0.15, 0.2) is 115 Å². The molecular weight excluding hydrogens is 493 g/mol. The smallest absolute Gasteiger partial charge is 0 e. The Morgan fingerprint density at radius 3 is 1.35 bits per heavy atom. The van der Waals surface area contributed by atoms with Crippen LogP contribution in [0.1, 0.15) is 0 Å². The van der Waals surface area contributed by atoms with Crippen molar-refractivity contribution in [2.24, 2.45) is 0 Å². The molecule has 26 heavy (non-hydrogen) atoms. The van der Waals surface area contributed by atoms with E-state index < -0.39 is 7.92 Å². The Labute approximate surface area is 188 Å². The van der Waals surface area contributed by atoms with Gasteiger partial charge in [0.15, 0.2) is 0 Å². The quantitative estimate of drug-likeness (QED) is 0.206. The van der Waals surface area contributed by atoms with E-state index >= 15 is 0 Å². The van der Waals surface area contributed by atoms with Crippen LogP contribution in [0.3, 0.4) is 0 Å². The molecule has 0 bridgehead atoms. The van der Waals surface area contributed by atoms with Crippen LogP contribution in [0, 0.1) is 0 Å². The molecule has 0 saturated heterocycles. The molecule has 4 heteroatoms. The molecule has 0 aliphatic heterocycles. The molecule has 4 rings (SSSR count). The predicted octanol–water partition coefficient (Wildman–Crippen LogP) is 4.99. The third kappa shape index (κ3) is 7.34. The van der Waals surface area contributed by atoms with E-state index in [1.807, 2.05) is 30.3 Å². The maximum atomic E-state index is 2.23. The summed E-state index contributed by atoms with van der Waals surface area (Å²) in [6, 6.07) is 40.2. The van der Waals surface area contributed by atoms with Gasteiger partial charge in [-0.15, -0.1) is 17.7 Å². The minimum atomic E-state index is -0.409. The average molecular weight is 513 g/mol. The molecule has 4 aromatic carbocycles. The molecule has 0 fully saturated rings. The Hall–Kier alpha value is -0.958. The van der Waals surface area contributed by atoms with Crippen molar-refractivity contribution in [2.45, 2.75) is 0 Å². The van der Waals surface area contributed by atoms with Crippen molar-refractivity contribution < 1.29 is 37.5 Å². The summed E-state index contributed by atoms with van der Waals surface area (Å²) < 4.78 is 0. The number of benzene rings is 2. The van der Waals surface area contributed by atoms with Crippen molar-refractivity contribution in [3.63, 3.8) is 0 Å². The van der Waals surface area contributed by atoms with Crippen LogP contribution >= 0.6 is 20.3 Å². The van der Waals surface area contributed by atoms with Gasteiger partial charge in [0.05, 0.1) is 0 Å². The summed E-state index contributed by atoms with van der Waals surface area (Å²) in [6.45, 7) is 0. The first-order chi connectivity index (χ1) is 11.4. The van der Waals surface area contributed by atoms with E-state index in [-0.39, 0.29) is 49.9 Å². The summed E-state index contributed by atoms with van der Waals surface area (Å²) in [6.07, 6.45) is 0. The first kappa shape index (κ1) is 25.0. The summed E-state index contributed by atoms with van der Waals surface area (Å²) in [4.78, 5) is 0. The van der Waals surface area contributed by atoms with Gasteiger partial charge in [0.25, 0.3) is 0 Å². The van der Waals surface area contributed by atoms with Gasteiger partial charge in [-0.3, -0.25) is 0 Å². The Morgan fingerprint density at radius 1 is 0.577 bits per heavy atom. The number of hydrogen-bond acceptors (Lipinski definition) is 0. The van der Waals surface area contributed by atoms with Crippen molar-refractivity contribution in [1.82, 2.24) is 0 Å². The molecule has 0 spiro atoms. The van der Waals surface area contributed by atoms with E-state index in [0.29, 0.717) is 0 Å². The Balaban J connectivity index is 0.000000685. The molecule has 0 aromatic heterocycles. The van der Waals surface area contributed by atoms with Crippen LogP contribution in [0.5, 0.6) is 0 Å². The van der Waals surface area contributed by atoms with E-state index in [9.17, 15) is 0 Å². The van der Waals surface area contributed by atoms with Crippen LogP contribution in [0.25, 0.3) is 0 Å². The van der Waals surface area contributed by atoms with E-state index in [0.717, 1.165) is 0 Å². The van der Waals surface area contributed by atoms with Crippen molar-refractivity contribution in [3.05, 3.63) is 115 Å². The standard InChI is InChI=1S/C17H14P.C5H5.ClH.Fe.Pd/c1-3-9-15(10-4-1)18(17-13-7-8-14-17)16-11-5-2-6-12-16;1-2-4-5-3-1;;;/h1-14H;1-5H;1H;;/q-1;-5;;;. The van der Waals surface area contributed by atoms with Crippen LogP contribution in [-0.4, -0.2) is 0 Å². The molecule has 4 aromatic rings. The predicted molar refractivity (Wildman–Crippen MR) is 110 cm³/mol. The summed E-state index contributed by atoms with van der Waals surface area (Å²) in [7, 11) is -0.409. The summed E-state index contributed by atoms with van der Waals surface area (Å²) >= 11 is 0. The molecule has 144 valence electrons. The van der Waals surface area contributed by atoms with Crippen molar-refractivity contribution in [1.29, 1.82) is 0 Å². The molecule has 0 radical (unpaired) electrons. The average Bonchev–Trinajstić information content (AvgIpc) is 3.34. The molecular formula is C22H20ClFePPd-6. The fourth-order valence-electron chi connectivity index (χ4n) is 2.44. The Bertz CT molecular complexity index is 715. The number of rotatable bonds is 3. The number of hydrogen-bond donors (Lipinski definition) is 0. The fraction of sp³-hybridized carbons (Fsp3) is 0. The van der Waals surface area contributed by atoms with Gasteiger partial charge in [0, 0.05) is 37.5 Å². The van der Waals surface area contributed by atoms with Crippen LogP contribution in [-0.2, 0) is 37.5 Å². The second-order valence-corrected chi connectivity index (χ2v) is 7.33. The molecule has 0 heterocycles. The van der Waals surface area contributed by atoms with Gasteiger partial charge in [-0.2, -0.15) is 12.1 Å². The maximum Gasteiger partial charge on any atom is 0 e. The third-order valence-electron chi connectivity index (χ3n) is 3.49. The van der Waals surface area contributed by atoms with Gasteiger partial charge < -0.3 is 30.3 Å². The second kappa shape index (κ2) is 14.1. The molecule has 0 aliphatic carbocycles. The van der Waals surface area contributed by atoms with E-state index in [1.165, 1.54) is 15.9 Å². The van der Waals surface area contributed by atoms with Crippen molar-refractivity contribution in [2.75, 3.05) is 0 Å². The van der Waals surface area contributed by atoms with Crippen LogP contribution in [0.2, 0.25) is 0 Å². The van der Waals surface area contributed by atoms with E-state index in [2.05, 4.69) is 84.9 Å². The summed E-state index contributed by atoms with van der Waals surface area (Å²) in [5.74, 6) is 0. The Kier molecular flexibility index (Phi) is 13.6. The number of halogens is 1. The zero-order valence-electron chi connectivity index (χ0n) is 14.0. The van der Waals surface area contributed by atoms with Gasteiger partial charge in [-0.25, -0.2) is 12.1 Å². The van der Waals surface area contributed by atoms with Crippen molar-refractivity contribution in [3.8, 4) is 0 Å². The first-order valence-corrected chi connectivity index (χ1v) is 9.08. The minimum absolute atomic E-state index is 0. The monoisotopic (exact) mass is 512 g/mol. The van der Waals surface area contributed by atoms with E-state index in [4.69, 9.17) is 0 Å². The first-order valence-electron chi connectivity index (χ1n) is 7.74. The molecule has 0 saturated carbocycles. The molecule has 0 N–H and O–H groups in total. The van der Waals surface area contributed by atoms with Gasteiger partial charge in [0.2, 0.25) is 0 Å². The Morgan fingerprint density at radius 2 is 1.00 bits per heavy atom. The minimum Gasteiger partial charge on any atom is -0.748 e. The fourth-order valence-corrected chi connectivity index (χ4v) is 4.74. The largest absolute Gasteiger partial charge is 0.748 e. The van der Waals surface area contributed by atoms with Gasteiger partial charge in [0.1, 0.15) is 0 Å². The van der Waals surface area contributed by atoms with Gasteiger partial charge >= 0.3 is 0 Å². The second-order valence-electron chi connectivity index (χ2n) is 5.11. The molecule has 0 nitrogen and oxygen atoms in total.